The molecule has 0 saturated heterocycles. The molecule has 2 rings (SSSR count). The summed E-state index contributed by atoms with van der Waals surface area (Å²) in [7, 11) is 1.61. The van der Waals surface area contributed by atoms with Crippen molar-refractivity contribution in [2.24, 2.45) is 0 Å². The molecule has 7 heteroatoms. The van der Waals surface area contributed by atoms with Crippen LogP contribution >= 0.6 is 23.2 Å². The van der Waals surface area contributed by atoms with Crippen molar-refractivity contribution in [3.8, 4) is 11.6 Å². The molecule has 0 aliphatic heterocycles. The summed E-state index contributed by atoms with van der Waals surface area (Å²) in [4.78, 5) is 7.54. The highest BCUT2D eigenvalue weighted by atomic mass is 35.5. The van der Waals surface area contributed by atoms with Gasteiger partial charge in [-0.2, -0.15) is 9.37 Å². The molecule has 0 amide bonds. The Bertz CT molecular complexity index is 580. The molecule has 18 heavy (non-hydrogen) atoms. The van der Waals surface area contributed by atoms with Crippen molar-refractivity contribution < 1.29 is 9.13 Å². The van der Waals surface area contributed by atoms with Crippen molar-refractivity contribution in [3.63, 3.8) is 0 Å². The second-order valence-electron chi connectivity index (χ2n) is 3.25. The molecule has 2 aromatic rings. The lowest BCUT2D eigenvalue weighted by Crippen LogP contribution is -2.00. The number of nitrogens with zero attached hydrogens (tertiary/aromatic N) is 2. The van der Waals surface area contributed by atoms with E-state index in [1.165, 1.54) is 0 Å². The number of aromatic nitrogens is 2. The summed E-state index contributed by atoms with van der Waals surface area (Å²) in [5.74, 6) is -0.447. The minimum Gasteiger partial charge on any atom is -0.435 e. The maximum Gasteiger partial charge on any atom is 0.260 e. The highest BCUT2D eigenvalue weighted by Gasteiger charge is 2.12. The van der Waals surface area contributed by atoms with E-state index >= 15 is 0 Å². The Morgan fingerprint density at radius 2 is 2.11 bits per heavy atom. The third-order valence-electron chi connectivity index (χ3n) is 2.06. The van der Waals surface area contributed by atoms with Crippen molar-refractivity contribution in [2.45, 2.75) is 0 Å². The number of ether oxygens (including phenoxy) is 1. The number of nitrogens with one attached hydrogen (secondary N) is 1. The quantitative estimate of drug-likeness (QED) is 0.934. The van der Waals surface area contributed by atoms with Gasteiger partial charge in [-0.15, -0.1) is 0 Å². The number of rotatable bonds is 3. The minimum atomic E-state index is -0.690. The first-order chi connectivity index (χ1) is 8.61. The zero-order chi connectivity index (χ0) is 13.1. The zero-order valence-electron chi connectivity index (χ0n) is 9.25. The molecule has 0 saturated carbocycles. The standard InChI is InChI=1S/C11H8Cl2FN3O/c1-15-11-16-5-7(14)10(17-11)18-8-4-2-3-6(12)9(8)13/h2-5H,1H3,(H,15,16,17). The summed E-state index contributed by atoms with van der Waals surface area (Å²) < 4.78 is 18.8. The van der Waals surface area contributed by atoms with E-state index in [1.54, 1.807) is 25.2 Å². The van der Waals surface area contributed by atoms with Crippen molar-refractivity contribution in [2.75, 3.05) is 12.4 Å². The van der Waals surface area contributed by atoms with Gasteiger partial charge in [-0.05, 0) is 12.1 Å². The van der Waals surface area contributed by atoms with Crippen LogP contribution in [0.4, 0.5) is 10.3 Å². The Labute approximate surface area is 113 Å². The summed E-state index contributed by atoms with van der Waals surface area (Å²) in [6.07, 6.45) is 1.01. The predicted molar refractivity (Wildman–Crippen MR) is 68.1 cm³/mol. The number of halogens is 3. The lowest BCUT2D eigenvalue weighted by Gasteiger charge is -2.08. The summed E-state index contributed by atoms with van der Waals surface area (Å²) in [5.41, 5.74) is 0. The Hall–Kier alpha value is -1.59. The molecule has 4 nitrogen and oxygen atoms in total. The smallest absolute Gasteiger partial charge is 0.260 e. The first-order valence-corrected chi connectivity index (χ1v) is 5.69. The summed E-state index contributed by atoms with van der Waals surface area (Å²) in [6.45, 7) is 0. The van der Waals surface area contributed by atoms with E-state index in [0.29, 0.717) is 5.02 Å². The fourth-order valence-electron chi connectivity index (χ4n) is 1.21. The zero-order valence-corrected chi connectivity index (χ0v) is 10.8. The monoisotopic (exact) mass is 287 g/mol. The Kier molecular flexibility index (Phi) is 3.84. The number of hydrogen-bond acceptors (Lipinski definition) is 4. The SMILES string of the molecule is CNc1ncc(F)c(Oc2cccc(Cl)c2Cl)n1. The lowest BCUT2D eigenvalue weighted by molar-refractivity contribution is 0.421. The number of hydrogen-bond donors (Lipinski definition) is 1. The summed E-state index contributed by atoms with van der Waals surface area (Å²) in [5, 5.41) is 3.19. The highest BCUT2D eigenvalue weighted by molar-refractivity contribution is 6.42. The van der Waals surface area contributed by atoms with Gasteiger partial charge in [0.15, 0.2) is 0 Å². The Morgan fingerprint density at radius 3 is 2.83 bits per heavy atom. The van der Waals surface area contributed by atoms with Gasteiger partial charge < -0.3 is 10.1 Å². The minimum absolute atomic E-state index is 0.197. The molecule has 0 bridgehead atoms. The molecule has 0 fully saturated rings. The van der Waals surface area contributed by atoms with Gasteiger partial charge in [0, 0.05) is 7.05 Å². The topological polar surface area (TPSA) is 47.0 Å². The number of benzene rings is 1. The van der Waals surface area contributed by atoms with Gasteiger partial charge in [-0.1, -0.05) is 29.3 Å². The molecule has 0 aliphatic carbocycles. The van der Waals surface area contributed by atoms with E-state index < -0.39 is 5.82 Å². The van der Waals surface area contributed by atoms with Crippen molar-refractivity contribution in [1.82, 2.24) is 9.97 Å². The van der Waals surface area contributed by atoms with Gasteiger partial charge in [0.25, 0.3) is 5.88 Å². The second-order valence-corrected chi connectivity index (χ2v) is 4.04. The third kappa shape index (κ3) is 2.63. The predicted octanol–water partition coefficient (Wildman–Crippen LogP) is 3.76. The van der Waals surface area contributed by atoms with Crippen LogP contribution < -0.4 is 10.1 Å². The van der Waals surface area contributed by atoms with Gasteiger partial charge >= 0.3 is 0 Å². The van der Waals surface area contributed by atoms with E-state index in [0.717, 1.165) is 6.20 Å². The van der Waals surface area contributed by atoms with Gasteiger partial charge in [0.05, 0.1) is 11.2 Å². The molecular weight excluding hydrogens is 280 g/mol. The highest BCUT2D eigenvalue weighted by Crippen LogP contribution is 2.34. The van der Waals surface area contributed by atoms with E-state index in [2.05, 4.69) is 15.3 Å². The molecule has 0 unspecified atom stereocenters. The first-order valence-electron chi connectivity index (χ1n) is 4.94. The van der Waals surface area contributed by atoms with Crippen molar-refractivity contribution in [3.05, 3.63) is 40.3 Å². The molecule has 0 aliphatic rings. The summed E-state index contributed by atoms with van der Waals surface area (Å²) >= 11 is 11.8. The van der Waals surface area contributed by atoms with Crippen LogP contribution in [0.1, 0.15) is 0 Å². The normalized spacial score (nSPS) is 10.2. The van der Waals surface area contributed by atoms with Gasteiger partial charge in [-0.3, -0.25) is 0 Å². The molecule has 1 aromatic heterocycles. The van der Waals surface area contributed by atoms with Crippen molar-refractivity contribution in [1.29, 1.82) is 0 Å². The fourth-order valence-corrected chi connectivity index (χ4v) is 1.54. The van der Waals surface area contributed by atoms with Crippen LogP contribution in [0.2, 0.25) is 10.0 Å². The van der Waals surface area contributed by atoms with E-state index in [9.17, 15) is 4.39 Å². The molecule has 0 spiro atoms. The molecular formula is C11H8Cl2FN3O. The van der Waals surface area contributed by atoms with Crippen LogP contribution in [-0.2, 0) is 0 Å². The third-order valence-corrected chi connectivity index (χ3v) is 2.86. The molecule has 94 valence electrons. The molecule has 1 aromatic carbocycles. The summed E-state index contributed by atoms with van der Waals surface area (Å²) in [6, 6.07) is 4.81. The van der Waals surface area contributed by atoms with Gasteiger partial charge in [0.2, 0.25) is 11.8 Å². The first kappa shape index (κ1) is 12.9. The Balaban J connectivity index is 2.36. The number of anilines is 1. The maximum absolute atomic E-state index is 13.5. The van der Waals surface area contributed by atoms with E-state index in [1.807, 2.05) is 0 Å². The van der Waals surface area contributed by atoms with E-state index in [-0.39, 0.29) is 22.6 Å². The second kappa shape index (κ2) is 5.37. The Morgan fingerprint density at radius 1 is 1.33 bits per heavy atom. The van der Waals surface area contributed by atoms with E-state index in [4.69, 9.17) is 27.9 Å². The average Bonchev–Trinajstić information content (AvgIpc) is 2.37. The van der Waals surface area contributed by atoms with Gasteiger partial charge in [0.1, 0.15) is 10.8 Å². The largest absolute Gasteiger partial charge is 0.435 e. The van der Waals surface area contributed by atoms with Gasteiger partial charge in [-0.25, -0.2) is 4.98 Å². The molecule has 0 atom stereocenters. The van der Waals surface area contributed by atoms with Crippen LogP contribution in [0.15, 0.2) is 24.4 Å². The molecule has 1 heterocycles. The van der Waals surface area contributed by atoms with Crippen molar-refractivity contribution >= 4 is 29.2 Å². The molecule has 1 N–H and O–H groups in total. The van der Waals surface area contributed by atoms with Crippen LogP contribution in [-0.4, -0.2) is 17.0 Å². The lowest BCUT2D eigenvalue weighted by atomic mass is 10.3. The van der Waals surface area contributed by atoms with Crippen LogP contribution in [0.3, 0.4) is 0 Å². The average molecular weight is 288 g/mol. The van der Waals surface area contributed by atoms with Crippen LogP contribution in [0.5, 0.6) is 11.6 Å². The molecule has 0 radical (unpaired) electrons. The van der Waals surface area contributed by atoms with Crippen LogP contribution in [0, 0.1) is 5.82 Å². The maximum atomic E-state index is 13.5. The van der Waals surface area contributed by atoms with Crippen LogP contribution in [0.25, 0.3) is 0 Å². The fraction of sp³-hybridized carbons (Fsp3) is 0.0909.